The summed E-state index contributed by atoms with van der Waals surface area (Å²) in [6.07, 6.45) is 58.3. The molecule has 2 aromatic carbocycles. The van der Waals surface area contributed by atoms with Crippen molar-refractivity contribution in [3.63, 3.8) is 0 Å². The summed E-state index contributed by atoms with van der Waals surface area (Å²) in [6, 6.07) is 13.2. The Hall–Kier alpha value is -0.974. The van der Waals surface area contributed by atoms with Gasteiger partial charge in [0, 0.05) is 0 Å². The number of aryl methyl sites for hydroxylation is 2. The molecule has 0 aromatic heterocycles. The van der Waals surface area contributed by atoms with Crippen LogP contribution in [-0.4, -0.2) is 49.0 Å². The second kappa shape index (κ2) is 47.4. The van der Waals surface area contributed by atoms with Gasteiger partial charge in [-0.25, -0.2) is 16.8 Å². The van der Waals surface area contributed by atoms with Crippen LogP contribution in [0.5, 0.6) is 0 Å². The molecule has 0 aliphatic heterocycles. The molecule has 0 radical (unpaired) electrons. The zero-order valence-electron chi connectivity index (χ0n) is 43.7. The van der Waals surface area contributed by atoms with Gasteiger partial charge in [0.15, 0.2) is 0 Å². The van der Waals surface area contributed by atoms with Crippen molar-refractivity contribution in [2.45, 2.75) is 306 Å². The van der Waals surface area contributed by atoms with E-state index in [1.54, 1.807) is 36.4 Å². The van der Waals surface area contributed by atoms with Gasteiger partial charge in [-0.3, -0.25) is 0 Å². The van der Waals surface area contributed by atoms with Crippen LogP contribution in [-0.2, 0) is 33.1 Å². The Morgan fingerprint density at radius 3 is 0.627 bits per heavy atom. The summed E-state index contributed by atoms with van der Waals surface area (Å²) in [5, 5.41) is 0. The second-order valence-electron chi connectivity index (χ2n) is 19.8. The molecule has 9 heteroatoms. The fraction of sp³-hybridized carbons (Fsp3) is 0.793. The third-order valence-corrected chi connectivity index (χ3v) is 15.5. The summed E-state index contributed by atoms with van der Waals surface area (Å²) >= 11 is 0. The molecular weight excluding hydrogens is 881 g/mol. The van der Waals surface area contributed by atoms with Gasteiger partial charge < -0.3 is 9.11 Å². The van der Waals surface area contributed by atoms with Crippen molar-refractivity contribution in [2.24, 2.45) is 0 Å². The maximum absolute atomic E-state index is 11.3. The SMILES string of the molecule is CCCCCCCCCCCCCCCCCCCCCCCc1ccccc1S(=O)(=O)[O-].CCCCCCCCCCCCCCCCCCCCCCCc1ccccc1S(=O)(=O)[O-].[Mg+2]. The van der Waals surface area contributed by atoms with Crippen LogP contribution in [0.25, 0.3) is 0 Å². The van der Waals surface area contributed by atoms with Crippen LogP contribution in [0, 0.1) is 0 Å². The van der Waals surface area contributed by atoms with Crippen LogP contribution >= 0.6 is 0 Å². The minimum Gasteiger partial charge on any atom is -0.744 e. The smallest absolute Gasteiger partial charge is 0.744 e. The van der Waals surface area contributed by atoms with E-state index in [0.29, 0.717) is 24.0 Å². The molecule has 0 bridgehead atoms. The van der Waals surface area contributed by atoms with E-state index in [9.17, 15) is 25.9 Å². The summed E-state index contributed by atoms with van der Waals surface area (Å²) in [5.74, 6) is 0. The molecule has 0 amide bonds. The van der Waals surface area contributed by atoms with Crippen molar-refractivity contribution in [1.82, 2.24) is 0 Å². The fourth-order valence-electron chi connectivity index (χ4n) is 9.40. The van der Waals surface area contributed by atoms with Crippen LogP contribution in [0.1, 0.15) is 295 Å². The zero-order valence-corrected chi connectivity index (χ0v) is 46.8. The summed E-state index contributed by atoms with van der Waals surface area (Å²) < 4.78 is 67.9. The van der Waals surface area contributed by atoms with Crippen molar-refractivity contribution >= 4 is 43.3 Å². The molecule has 2 rings (SSSR count). The average Bonchev–Trinajstić information content (AvgIpc) is 3.30. The van der Waals surface area contributed by atoms with E-state index in [1.165, 1.54) is 256 Å². The number of hydrogen-bond donors (Lipinski definition) is 0. The molecule has 0 saturated heterocycles. The maximum Gasteiger partial charge on any atom is 2.00 e. The summed E-state index contributed by atoms with van der Waals surface area (Å²) in [6.45, 7) is 4.57. The van der Waals surface area contributed by atoms with Crippen LogP contribution in [0.4, 0.5) is 0 Å². The molecule has 2 aromatic rings. The van der Waals surface area contributed by atoms with Crippen LogP contribution < -0.4 is 0 Å². The van der Waals surface area contributed by atoms with E-state index in [-0.39, 0.29) is 32.8 Å². The predicted molar refractivity (Wildman–Crippen MR) is 287 cm³/mol. The van der Waals surface area contributed by atoms with E-state index >= 15 is 0 Å². The predicted octanol–water partition coefficient (Wildman–Crippen LogP) is 18.3. The third-order valence-electron chi connectivity index (χ3n) is 13.6. The third kappa shape index (κ3) is 41.4. The van der Waals surface area contributed by atoms with Crippen LogP contribution in [0.15, 0.2) is 58.3 Å². The summed E-state index contributed by atoms with van der Waals surface area (Å²) in [5.41, 5.74) is 1.34. The van der Waals surface area contributed by atoms with Gasteiger partial charge in [0.05, 0.1) is 9.79 Å². The van der Waals surface area contributed by atoms with E-state index in [2.05, 4.69) is 13.8 Å². The quantitative estimate of drug-likeness (QED) is 0.0371. The topological polar surface area (TPSA) is 114 Å². The second-order valence-corrected chi connectivity index (χ2v) is 22.5. The van der Waals surface area contributed by atoms with Crippen LogP contribution in [0.3, 0.4) is 0 Å². The van der Waals surface area contributed by atoms with E-state index < -0.39 is 20.2 Å². The van der Waals surface area contributed by atoms with Gasteiger partial charge in [0.2, 0.25) is 0 Å². The van der Waals surface area contributed by atoms with E-state index in [4.69, 9.17) is 0 Å². The standard InChI is InChI=1S/2C29H52O3S.Mg/c2*1-2-3-4-5-6-7-8-9-10-11-12-13-14-15-16-17-18-19-20-21-22-25-28-26-23-24-27-29(28)33(30,31)32;/h2*23-24,26-27H,2-22,25H2,1H3,(H,30,31,32);/q;;+2/p-2. The molecule has 0 unspecified atom stereocenters. The van der Waals surface area contributed by atoms with Gasteiger partial charge in [-0.05, 0) is 48.9 Å². The molecule has 0 aliphatic rings. The molecule has 0 N–H and O–H groups in total. The molecule has 67 heavy (non-hydrogen) atoms. The van der Waals surface area contributed by atoms with E-state index in [0.717, 1.165) is 25.7 Å². The average molecular weight is 984 g/mol. The molecule has 0 atom stereocenters. The van der Waals surface area contributed by atoms with Crippen molar-refractivity contribution in [2.75, 3.05) is 0 Å². The van der Waals surface area contributed by atoms with Gasteiger partial charge in [0.25, 0.3) is 0 Å². The number of rotatable bonds is 46. The fourth-order valence-corrected chi connectivity index (χ4v) is 10.9. The van der Waals surface area contributed by atoms with Crippen molar-refractivity contribution in [3.05, 3.63) is 59.7 Å². The maximum atomic E-state index is 11.3. The normalized spacial score (nSPS) is 11.6. The van der Waals surface area contributed by atoms with Crippen molar-refractivity contribution in [3.8, 4) is 0 Å². The molecule has 0 fully saturated rings. The Bertz CT molecular complexity index is 1460. The molecule has 384 valence electrons. The van der Waals surface area contributed by atoms with Gasteiger partial charge in [0.1, 0.15) is 20.2 Å². The first-order valence-corrected chi connectivity index (χ1v) is 31.0. The largest absolute Gasteiger partial charge is 2.00 e. The Balaban J connectivity index is 0.00000128. The minimum absolute atomic E-state index is 0. The summed E-state index contributed by atoms with van der Waals surface area (Å²) in [4.78, 5) is -0.0867. The number of unbranched alkanes of at least 4 members (excludes halogenated alkanes) is 40. The molecule has 0 aliphatic carbocycles. The number of hydrogen-bond acceptors (Lipinski definition) is 6. The molecule has 0 saturated carbocycles. The van der Waals surface area contributed by atoms with Gasteiger partial charge in [-0.2, -0.15) is 0 Å². The Labute approximate surface area is 432 Å². The first kappa shape index (κ1) is 66.0. The molecular formula is C58H102MgO6S2. The van der Waals surface area contributed by atoms with Crippen molar-refractivity contribution < 1.29 is 25.9 Å². The zero-order chi connectivity index (χ0) is 48.1. The van der Waals surface area contributed by atoms with Crippen molar-refractivity contribution in [1.29, 1.82) is 0 Å². The van der Waals surface area contributed by atoms with Gasteiger partial charge >= 0.3 is 23.1 Å². The van der Waals surface area contributed by atoms with Crippen LogP contribution in [0.2, 0.25) is 0 Å². The summed E-state index contributed by atoms with van der Waals surface area (Å²) in [7, 11) is -8.72. The molecule has 0 spiro atoms. The monoisotopic (exact) mass is 983 g/mol. The van der Waals surface area contributed by atoms with E-state index in [1.807, 2.05) is 0 Å². The van der Waals surface area contributed by atoms with Gasteiger partial charge in [-0.1, -0.05) is 307 Å². The number of benzene rings is 2. The van der Waals surface area contributed by atoms with Gasteiger partial charge in [-0.15, -0.1) is 0 Å². The first-order chi connectivity index (χ1) is 32.1. The Kier molecular flexibility index (Phi) is 46.7. The Morgan fingerprint density at radius 2 is 0.448 bits per heavy atom. The Morgan fingerprint density at radius 1 is 0.284 bits per heavy atom. The minimum atomic E-state index is -4.36. The molecule has 0 heterocycles. The molecule has 6 nitrogen and oxygen atoms in total. The first-order valence-electron chi connectivity index (χ1n) is 28.2.